The minimum atomic E-state index is -0.532. The Bertz CT molecular complexity index is 772. The standard InChI is InChI=1S/C22H26O6/c1-22(2,3)17-7-11-18(12-8-17)27-15-20(23)28-19-9-5-16(6-10-19)21(24)26-14-13-25-4/h5-12H,13-15H2,1-4H3. The van der Waals surface area contributed by atoms with Gasteiger partial charge in [0.25, 0.3) is 0 Å². The zero-order chi connectivity index (χ0) is 20.6. The summed E-state index contributed by atoms with van der Waals surface area (Å²) in [6.07, 6.45) is 0. The monoisotopic (exact) mass is 386 g/mol. The Morgan fingerprint density at radius 3 is 2.04 bits per heavy atom. The molecule has 2 aromatic rings. The molecule has 0 heterocycles. The molecule has 6 heteroatoms. The van der Waals surface area contributed by atoms with Gasteiger partial charge in [-0.2, -0.15) is 0 Å². The maximum absolute atomic E-state index is 12.0. The molecule has 0 aliphatic carbocycles. The SMILES string of the molecule is COCCOC(=O)c1ccc(OC(=O)COc2ccc(C(C)(C)C)cc2)cc1. The third-order valence-corrected chi connectivity index (χ3v) is 3.92. The van der Waals surface area contributed by atoms with Crippen LogP contribution in [0.5, 0.6) is 11.5 Å². The molecule has 0 N–H and O–H groups in total. The fourth-order valence-corrected chi connectivity index (χ4v) is 2.31. The van der Waals surface area contributed by atoms with E-state index in [2.05, 4.69) is 20.8 Å². The highest BCUT2D eigenvalue weighted by Crippen LogP contribution is 2.24. The lowest BCUT2D eigenvalue weighted by molar-refractivity contribution is -0.136. The number of carbonyl (C=O) groups excluding carboxylic acids is 2. The minimum Gasteiger partial charge on any atom is -0.482 e. The van der Waals surface area contributed by atoms with E-state index < -0.39 is 11.9 Å². The van der Waals surface area contributed by atoms with Crippen molar-refractivity contribution in [1.82, 2.24) is 0 Å². The molecule has 0 radical (unpaired) electrons. The molecule has 6 nitrogen and oxygen atoms in total. The molecule has 0 saturated heterocycles. The van der Waals surface area contributed by atoms with Crippen LogP contribution in [0.4, 0.5) is 0 Å². The summed E-state index contributed by atoms with van der Waals surface area (Å²) >= 11 is 0. The molecule has 0 saturated carbocycles. The largest absolute Gasteiger partial charge is 0.482 e. The molecule has 0 aromatic heterocycles. The summed E-state index contributed by atoms with van der Waals surface area (Å²) < 4.78 is 20.5. The van der Waals surface area contributed by atoms with Crippen LogP contribution in [0, 0.1) is 0 Å². The Hall–Kier alpha value is -2.86. The zero-order valence-corrected chi connectivity index (χ0v) is 16.7. The zero-order valence-electron chi connectivity index (χ0n) is 16.7. The maximum Gasteiger partial charge on any atom is 0.349 e. The van der Waals surface area contributed by atoms with Crippen LogP contribution >= 0.6 is 0 Å². The summed E-state index contributed by atoms with van der Waals surface area (Å²) in [7, 11) is 1.53. The summed E-state index contributed by atoms with van der Waals surface area (Å²) in [5.41, 5.74) is 1.61. The van der Waals surface area contributed by atoms with E-state index in [0.717, 1.165) is 0 Å². The first-order valence-electron chi connectivity index (χ1n) is 9.00. The lowest BCUT2D eigenvalue weighted by Crippen LogP contribution is -2.18. The van der Waals surface area contributed by atoms with Gasteiger partial charge in [-0.25, -0.2) is 9.59 Å². The number of hydrogen-bond acceptors (Lipinski definition) is 6. The van der Waals surface area contributed by atoms with Gasteiger partial charge in [0, 0.05) is 7.11 Å². The van der Waals surface area contributed by atoms with Crippen molar-refractivity contribution in [3.8, 4) is 11.5 Å². The van der Waals surface area contributed by atoms with Gasteiger partial charge < -0.3 is 18.9 Å². The van der Waals surface area contributed by atoms with Crippen molar-refractivity contribution in [2.75, 3.05) is 26.9 Å². The van der Waals surface area contributed by atoms with E-state index in [1.165, 1.54) is 36.9 Å². The smallest absolute Gasteiger partial charge is 0.349 e. The van der Waals surface area contributed by atoms with Crippen LogP contribution in [0.2, 0.25) is 0 Å². The topological polar surface area (TPSA) is 71.1 Å². The van der Waals surface area contributed by atoms with Crippen LogP contribution in [-0.2, 0) is 19.7 Å². The van der Waals surface area contributed by atoms with Gasteiger partial charge in [-0.05, 0) is 47.4 Å². The Balaban J connectivity index is 1.82. The molecule has 0 aliphatic rings. The van der Waals surface area contributed by atoms with Crippen LogP contribution in [0.25, 0.3) is 0 Å². The average molecular weight is 386 g/mol. The van der Waals surface area contributed by atoms with E-state index >= 15 is 0 Å². The Morgan fingerprint density at radius 1 is 0.857 bits per heavy atom. The van der Waals surface area contributed by atoms with Gasteiger partial charge >= 0.3 is 11.9 Å². The van der Waals surface area contributed by atoms with Gasteiger partial charge in [-0.15, -0.1) is 0 Å². The summed E-state index contributed by atoms with van der Waals surface area (Å²) in [6.45, 7) is 6.69. The quantitative estimate of drug-likeness (QED) is 0.391. The Morgan fingerprint density at radius 2 is 1.46 bits per heavy atom. The van der Waals surface area contributed by atoms with E-state index in [1.807, 2.05) is 24.3 Å². The molecular weight excluding hydrogens is 360 g/mol. The predicted octanol–water partition coefficient (Wildman–Crippen LogP) is 3.77. The summed E-state index contributed by atoms with van der Waals surface area (Å²) in [5, 5.41) is 0. The van der Waals surface area contributed by atoms with E-state index in [-0.39, 0.29) is 18.6 Å². The molecule has 150 valence electrons. The fraction of sp³-hybridized carbons (Fsp3) is 0.364. The molecule has 2 rings (SSSR count). The van der Waals surface area contributed by atoms with E-state index in [4.69, 9.17) is 18.9 Å². The van der Waals surface area contributed by atoms with E-state index in [0.29, 0.717) is 23.7 Å². The normalized spacial score (nSPS) is 11.0. The number of methoxy groups -OCH3 is 1. The number of hydrogen-bond donors (Lipinski definition) is 0. The highest BCUT2D eigenvalue weighted by atomic mass is 16.6. The lowest BCUT2D eigenvalue weighted by Gasteiger charge is -2.19. The highest BCUT2D eigenvalue weighted by Gasteiger charge is 2.14. The highest BCUT2D eigenvalue weighted by molar-refractivity contribution is 5.89. The number of benzene rings is 2. The second-order valence-corrected chi connectivity index (χ2v) is 7.19. The number of esters is 2. The van der Waals surface area contributed by atoms with Crippen molar-refractivity contribution in [2.45, 2.75) is 26.2 Å². The Kier molecular flexibility index (Phi) is 7.58. The molecule has 0 amide bonds. The van der Waals surface area contributed by atoms with Gasteiger partial charge in [0.1, 0.15) is 18.1 Å². The van der Waals surface area contributed by atoms with Crippen LogP contribution in [0.3, 0.4) is 0 Å². The van der Waals surface area contributed by atoms with Gasteiger partial charge in [-0.3, -0.25) is 0 Å². The molecule has 0 aliphatic heterocycles. The summed E-state index contributed by atoms with van der Waals surface area (Å²) in [4.78, 5) is 23.7. The number of ether oxygens (including phenoxy) is 4. The molecule has 28 heavy (non-hydrogen) atoms. The van der Waals surface area contributed by atoms with Crippen molar-refractivity contribution in [2.24, 2.45) is 0 Å². The van der Waals surface area contributed by atoms with E-state index in [9.17, 15) is 9.59 Å². The average Bonchev–Trinajstić information content (AvgIpc) is 2.67. The molecule has 2 aromatic carbocycles. The number of carbonyl (C=O) groups is 2. The lowest BCUT2D eigenvalue weighted by atomic mass is 9.87. The van der Waals surface area contributed by atoms with Gasteiger partial charge in [-0.1, -0.05) is 32.9 Å². The summed E-state index contributed by atoms with van der Waals surface area (Å²) in [6, 6.07) is 13.7. The van der Waals surface area contributed by atoms with Gasteiger partial charge in [0.2, 0.25) is 0 Å². The van der Waals surface area contributed by atoms with Crippen molar-refractivity contribution in [1.29, 1.82) is 0 Å². The second-order valence-electron chi connectivity index (χ2n) is 7.19. The van der Waals surface area contributed by atoms with Crippen LogP contribution < -0.4 is 9.47 Å². The van der Waals surface area contributed by atoms with Crippen molar-refractivity contribution < 1.29 is 28.5 Å². The summed E-state index contributed by atoms with van der Waals surface area (Å²) in [5.74, 6) is -0.0727. The first-order valence-corrected chi connectivity index (χ1v) is 9.00. The van der Waals surface area contributed by atoms with Crippen molar-refractivity contribution in [3.63, 3.8) is 0 Å². The first-order chi connectivity index (χ1) is 13.3. The van der Waals surface area contributed by atoms with Crippen LogP contribution in [-0.4, -0.2) is 38.9 Å². The van der Waals surface area contributed by atoms with E-state index in [1.54, 1.807) is 0 Å². The number of rotatable bonds is 8. The van der Waals surface area contributed by atoms with Crippen molar-refractivity contribution >= 4 is 11.9 Å². The van der Waals surface area contributed by atoms with Crippen LogP contribution in [0.1, 0.15) is 36.7 Å². The molecular formula is C22H26O6. The third kappa shape index (κ3) is 6.70. The third-order valence-electron chi connectivity index (χ3n) is 3.92. The molecule has 0 unspecified atom stereocenters. The molecule has 0 spiro atoms. The fourth-order valence-electron chi connectivity index (χ4n) is 2.31. The molecule has 0 bridgehead atoms. The second kappa shape index (κ2) is 9.90. The molecule has 0 fully saturated rings. The van der Waals surface area contributed by atoms with Crippen molar-refractivity contribution in [3.05, 3.63) is 59.7 Å². The first kappa shape index (κ1) is 21.4. The van der Waals surface area contributed by atoms with Crippen LogP contribution in [0.15, 0.2) is 48.5 Å². The predicted molar refractivity (Wildman–Crippen MR) is 105 cm³/mol. The van der Waals surface area contributed by atoms with Gasteiger partial charge in [0.15, 0.2) is 6.61 Å². The maximum atomic E-state index is 12.0. The minimum absolute atomic E-state index is 0.0554. The Labute approximate surface area is 165 Å². The molecule has 0 atom stereocenters. The van der Waals surface area contributed by atoms with Gasteiger partial charge in [0.05, 0.1) is 12.2 Å².